The second-order valence-electron chi connectivity index (χ2n) is 5.90. The highest BCUT2D eigenvalue weighted by molar-refractivity contribution is 5.77. The van der Waals surface area contributed by atoms with Gasteiger partial charge >= 0.3 is 0 Å². The normalized spacial score (nSPS) is 10.8. The number of nitrogens with zero attached hydrogens (tertiary/aromatic N) is 4. The zero-order valence-corrected chi connectivity index (χ0v) is 14.1. The van der Waals surface area contributed by atoms with E-state index in [1.807, 2.05) is 30.3 Å². The van der Waals surface area contributed by atoms with Crippen LogP contribution in [-0.2, 0) is 17.8 Å². The van der Waals surface area contributed by atoms with Gasteiger partial charge in [0, 0.05) is 44.9 Å². The maximum absolute atomic E-state index is 12.4. The van der Waals surface area contributed by atoms with E-state index in [0.717, 1.165) is 5.69 Å². The minimum absolute atomic E-state index is 0.00371. The molecule has 0 aliphatic heterocycles. The summed E-state index contributed by atoms with van der Waals surface area (Å²) in [6, 6.07) is 13.0. The molecule has 25 heavy (non-hydrogen) atoms. The van der Waals surface area contributed by atoms with Gasteiger partial charge < -0.3 is 4.90 Å². The van der Waals surface area contributed by atoms with Gasteiger partial charge in [0.05, 0.1) is 17.2 Å². The lowest BCUT2D eigenvalue weighted by molar-refractivity contribution is -0.130. The fraction of sp³-hybridized carbons (Fsp3) is 0.263. The standard InChI is InChI=1S/C19H20N4O2/c1-22(12-9-15-6-4-5-11-20-15)18(24)10-13-23-14-21-17-8-3-2-7-16(17)19(23)25/h2-8,11,14H,9-10,12-13H2,1H3. The Balaban J connectivity index is 1.58. The van der Waals surface area contributed by atoms with Crippen molar-refractivity contribution >= 4 is 16.8 Å². The van der Waals surface area contributed by atoms with Crippen LogP contribution in [0.15, 0.2) is 59.8 Å². The lowest BCUT2D eigenvalue weighted by Gasteiger charge is -2.17. The Kier molecular flexibility index (Phi) is 5.18. The molecule has 0 saturated carbocycles. The van der Waals surface area contributed by atoms with Crippen molar-refractivity contribution in [1.82, 2.24) is 19.4 Å². The Bertz CT molecular complexity index is 921. The molecule has 2 heterocycles. The van der Waals surface area contributed by atoms with Gasteiger partial charge in [-0.3, -0.25) is 19.1 Å². The van der Waals surface area contributed by atoms with Crippen LogP contribution in [0.2, 0.25) is 0 Å². The third-order valence-electron chi connectivity index (χ3n) is 4.15. The highest BCUT2D eigenvalue weighted by Crippen LogP contribution is 2.05. The van der Waals surface area contributed by atoms with Crippen LogP contribution in [0.25, 0.3) is 10.9 Å². The maximum Gasteiger partial charge on any atom is 0.261 e. The number of para-hydroxylation sites is 1. The number of likely N-dealkylation sites (N-methyl/N-ethyl adjacent to an activating group) is 1. The summed E-state index contributed by atoms with van der Waals surface area (Å²) in [5.74, 6) is -0.00371. The first-order chi connectivity index (χ1) is 12.1. The average Bonchev–Trinajstić information content (AvgIpc) is 2.66. The summed E-state index contributed by atoms with van der Waals surface area (Å²) >= 11 is 0. The molecular formula is C19H20N4O2. The molecule has 0 unspecified atom stereocenters. The van der Waals surface area contributed by atoms with Gasteiger partial charge in [-0.1, -0.05) is 18.2 Å². The minimum Gasteiger partial charge on any atom is -0.345 e. The first kappa shape index (κ1) is 16.8. The van der Waals surface area contributed by atoms with Crippen molar-refractivity contribution in [2.45, 2.75) is 19.4 Å². The molecule has 0 aliphatic carbocycles. The van der Waals surface area contributed by atoms with E-state index in [2.05, 4.69) is 9.97 Å². The lowest BCUT2D eigenvalue weighted by atomic mass is 10.2. The summed E-state index contributed by atoms with van der Waals surface area (Å²) in [5.41, 5.74) is 1.51. The van der Waals surface area contributed by atoms with Crippen molar-refractivity contribution < 1.29 is 4.79 Å². The van der Waals surface area contributed by atoms with Gasteiger partial charge in [0.15, 0.2) is 0 Å². The lowest BCUT2D eigenvalue weighted by Crippen LogP contribution is -2.31. The molecule has 3 aromatic rings. The molecule has 0 radical (unpaired) electrons. The summed E-state index contributed by atoms with van der Waals surface area (Å²) in [6.45, 7) is 0.921. The van der Waals surface area contributed by atoms with Crippen LogP contribution in [0.1, 0.15) is 12.1 Å². The zero-order valence-electron chi connectivity index (χ0n) is 14.1. The number of aryl methyl sites for hydroxylation is 1. The van der Waals surface area contributed by atoms with Crippen LogP contribution < -0.4 is 5.56 Å². The van der Waals surface area contributed by atoms with Crippen LogP contribution in [0, 0.1) is 0 Å². The van der Waals surface area contributed by atoms with E-state index in [9.17, 15) is 9.59 Å². The van der Waals surface area contributed by atoms with Gasteiger partial charge in [-0.2, -0.15) is 0 Å². The Morgan fingerprint density at radius 2 is 1.92 bits per heavy atom. The molecular weight excluding hydrogens is 316 g/mol. The van der Waals surface area contributed by atoms with Gasteiger partial charge in [0.25, 0.3) is 5.56 Å². The average molecular weight is 336 g/mol. The van der Waals surface area contributed by atoms with Crippen LogP contribution in [0.4, 0.5) is 0 Å². The number of hydrogen-bond acceptors (Lipinski definition) is 4. The second kappa shape index (κ2) is 7.70. The van der Waals surface area contributed by atoms with Gasteiger partial charge in [0.1, 0.15) is 0 Å². The molecule has 0 aliphatic rings. The van der Waals surface area contributed by atoms with Gasteiger partial charge in [-0.05, 0) is 24.3 Å². The van der Waals surface area contributed by atoms with E-state index in [1.54, 1.807) is 30.3 Å². The predicted octanol–water partition coefficient (Wildman–Crippen LogP) is 1.88. The summed E-state index contributed by atoms with van der Waals surface area (Å²) in [7, 11) is 1.77. The van der Waals surface area contributed by atoms with Crippen LogP contribution in [0.5, 0.6) is 0 Å². The largest absolute Gasteiger partial charge is 0.345 e. The molecule has 0 saturated heterocycles. The molecule has 6 heteroatoms. The van der Waals surface area contributed by atoms with Crippen molar-refractivity contribution in [3.63, 3.8) is 0 Å². The first-order valence-electron chi connectivity index (χ1n) is 8.23. The Labute approximate surface area is 145 Å². The van der Waals surface area contributed by atoms with Gasteiger partial charge in [0.2, 0.25) is 5.91 Å². The molecule has 0 fully saturated rings. The van der Waals surface area contributed by atoms with Crippen molar-refractivity contribution in [1.29, 1.82) is 0 Å². The molecule has 2 aromatic heterocycles. The van der Waals surface area contributed by atoms with Crippen molar-refractivity contribution in [3.05, 3.63) is 71.0 Å². The monoisotopic (exact) mass is 336 g/mol. The number of pyridine rings is 1. The Morgan fingerprint density at radius 3 is 2.72 bits per heavy atom. The van der Waals surface area contributed by atoms with E-state index >= 15 is 0 Å². The summed E-state index contributed by atoms with van der Waals surface area (Å²) in [4.78, 5) is 34.9. The number of carbonyl (C=O) groups is 1. The number of aromatic nitrogens is 3. The smallest absolute Gasteiger partial charge is 0.261 e. The Morgan fingerprint density at radius 1 is 1.12 bits per heavy atom. The highest BCUT2D eigenvalue weighted by atomic mass is 16.2. The van der Waals surface area contributed by atoms with Crippen molar-refractivity contribution in [3.8, 4) is 0 Å². The first-order valence-corrected chi connectivity index (χ1v) is 8.23. The number of carbonyl (C=O) groups excluding carboxylic acids is 1. The molecule has 0 N–H and O–H groups in total. The fourth-order valence-corrected chi connectivity index (χ4v) is 2.63. The number of benzene rings is 1. The number of fused-ring (bicyclic) bond motifs is 1. The minimum atomic E-state index is -0.116. The third-order valence-corrected chi connectivity index (χ3v) is 4.15. The van der Waals surface area contributed by atoms with Crippen LogP contribution in [0.3, 0.4) is 0 Å². The number of hydrogen-bond donors (Lipinski definition) is 0. The topological polar surface area (TPSA) is 68.1 Å². The van der Waals surface area contributed by atoms with Crippen molar-refractivity contribution in [2.75, 3.05) is 13.6 Å². The van der Waals surface area contributed by atoms with E-state index in [1.165, 1.54) is 10.9 Å². The van der Waals surface area contributed by atoms with Crippen LogP contribution in [-0.4, -0.2) is 38.9 Å². The zero-order chi connectivity index (χ0) is 17.6. The van der Waals surface area contributed by atoms with Crippen molar-refractivity contribution in [2.24, 2.45) is 0 Å². The van der Waals surface area contributed by atoms with Gasteiger partial charge in [-0.25, -0.2) is 4.98 Å². The second-order valence-corrected chi connectivity index (χ2v) is 5.90. The van der Waals surface area contributed by atoms with E-state index in [-0.39, 0.29) is 17.9 Å². The summed E-state index contributed by atoms with van der Waals surface area (Å²) in [5, 5.41) is 0.570. The van der Waals surface area contributed by atoms with Gasteiger partial charge in [-0.15, -0.1) is 0 Å². The highest BCUT2D eigenvalue weighted by Gasteiger charge is 2.10. The molecule has 1 aromatic carbocycles. The molecule has 0 spiro atoms. The number of amides is 1. The molecule has 0 atom stereocenters. The maximum atomic E-state index is 12.4. The molecule has 6 nitrogen and oxygen atoms in total. The molecule has 3 rings (SSSR count). The quantitative estimate of drug-likeness (QED) is 0.689. The SMILES string of the molecule is CN(CCc1ccccn1)C(=O)CCn1cnc2ccccc2c1=O. The van der Waals surface area contributed by atoms with E-state index in [0.29, 0.717) is 30.4 Å². The van der Waals surface area contributed by atoms with E-state index in [4.69, 9.17) is 0 Å². The summed E-state index contributed by atoms with van der Waals surface area (Å²) < 4.78 is 1.49. The van der Waals surface area contributed by atoms with E-state index < -0.39 is 0 Å². The Hall–Kier alpha value is -3.02. The molecule has 0 bridgehead atoms. The number of rotatable bonds is 6. The predicted molar refractivity (Wildman–Crippen MR) is 96.2 cm³/mol. The third kappa shape index (κ3) is 4.09. The molecule has 1 amide bonds. The fourth-order valence-electron chi connectivity index (χ4n) is 2.63. The summed E-state index contributed by atoms with van der Waals surface area (Å²) in [6.07, 6.45) is 4.22. The van der Waals surface area contributed by atoms with Crippen LogP contribution >= 0.6 is 0 Å². The molecule has 128 valence electrons.